The van der Waals surface area contributed by atoms with Crippen LogP contribution in [-0.2, 0) is 66.6 Å². The van der Waals surface area contributed by atoms with Crippen molar-refractivity contribution in [1.29, 1.82) is 0 Å². The van der Waals surface area contributed by atoms with Crippen LogP contribution in [0.4, 0.5) is 54.5 Å². The van der Waals surface area contributed by atoms with Gasteiger partial charge in [-0.1, -0.05) is 134 Å². The average Bonchev–Trinajstić information content (AvgIpc) is 1.53. The van der Waals surface area contributed by atoms with Crippen LogP contribution in [0.2, 0.25) is 0 Å². The molecule has 0 radical (unpaired) electrons. The van der Waals surface area contributed by atoms with Gasteiger partial charge in [-0.2, -0.15) is 39.5 Å². The molecule has 0 bridgehead atoms. The first kappa shape index (κ1) is 86.1. The SMILES string of the molecule is CCc1cc(C(=O)c2ccc(-c3ccc(C(F)(F)F)cc3)cc2)c(NC(=O)CSCC(=O)O)s1.CCc1cc(C(=O)c2ccc(-c3ccc(C(F)(F)F)cc3)cc2)c(NC(=O)CSCC(=O)O)s1.CCc1cc(C(=O)c2ccc(Br)cc2)c(NC(=O)CSCC(=O)O)s1.OB(O)c1ccc(C(F)(F)F)cc1. The molecule has 3 heterocycles. The molecule has 0 saturated carbocycles. The van der Waals surface area contributed by atoms with Crippen LogP contribution in [0.25, 0.3) is 22.3 Å². The Labute approximate surface area is 633 Å². The number of hydrogen-bond acceptors (Lipinski definition) is 17. The molecule has 0 unspecified atom stereocenters. The Kier molecular flexibility index (Phi) is 32.6. The molecule has 0 spiro atoms. The summed E-state index contributed by atoms with van der Waals surface area (Å²) < 4.78 is 113. The predicted molar refractivity (Wildman–Crippen MR) is 401 cm³/mol. The van der Waals surface area contributed by atoms with Gasteiger partial charge in [-0.15, -0.1) is 69.3 Å². The molecule has 9 aromatic rings. The van der Waals surface area contributed by atoms with Crippen LogP contribution in [0.5, 0.6) is 0 Å². The Morgan fingerprint density at radius 3 is 0.840 bits per heavy atom. The van der Waals surface area contributed by atoms with Crippen LogP contribution >= 0.6 is 85.2 Å². The van der Waals surface area contributed by atoms with Crippen molar-refractivity contribution >= 4 is 166 Å². The second-order valence-electron chi connectivity index (χ2n) is 22.0. The molecule has 558 valence electrons. The van der Waals surface area contributed by atoms with E-state index < -0.39 is 72.1 Å². The second kappa shape index (κ2) is 40.2. The van der Waals surface area contributed by atoms with E-state index >= 15 is 0 Å². The number of rotatable bonds is 27. The molecular formula is C72H62BBrF9N3O14S6. The molecule has 3 amide bonds. The lowest BCUT2D eigenvalue weighted by atomic mass is 9.80. The van der Waals surface area contributed by atoms with Crippen molar-refractivity contribution in [1.82, 2.24) is 0 Å². The third kappa shape index (κ3) is 26.9. The van der Waals surface area contributed by atoms with E-state index in [1.165, 1.54) is 58.3 Å². The number of ketones is 3. The van der Waals surface area contributed by atoms with Gasteiger partial charge < -0.3 is 41.3 Å². The second-order valence-corrected chi connectivity index (χ2v) is 29.3. The van der Waals surface area contributed by atoms with Gasteiger partial charge in [0.1, 0.15) is 15.0 Å². The summed E-state index contributed by atoms with van der Waals surface area (Å²) in [5.74, 6) is -5.49. The van der Waals surface area contributed by atoms with Crippen molar-refractivity contribution < 1.29 is 108 Å². The summed E-state index contributed by atoms with van der Waals surface area (Å²) in [4.78, 5) is 110. The van der Waals surface area contributed by atoms with E-state index in [4.69, 9.17) is 25.4 Å². The van der Waals surface area contributed by atoms with E-state index in [9.17, 15) is 82.7 Å². The van der Waals surface area contributed by atoms with Crippen LogP contribution in [0.3, 0.4) is 0 Å². The third-order valence-electron chi connectivity index (χ3n) is 14.3. The van der Waals surface area contributed by atoms with E-state index in [-0.39, 0.29) is 63.2 Å². The quantitative estimate of drug-likeness (QED) is 0.0135. The van der Waals surface area contributed by atoms with Gasteiger partial charge in [0, 0.05) is 35.8 Å². The van der Waals surface area contributed by atoms with Crippen LogP contribution in [0.1, 0.15) is 99.9 Å². The zero-order valence-corrected chi connectivity index (χ0v) is 62.2. The molecule has 0 fully saturated rings. The highest BCUT2D eigenvalue weighted by molar-refractivity contribution is 9.10. The first-order valence-corrected chi connectivity index (χ1v) is 37.8. The summed E-state index contributed by atoms with van der Waals surface area (Å²) in [5.41, 5.74) is 2.66. The minimum atomic E-state index is -4.41. The maximum absolute atomic E-state index is 13.1. The van der Waals surface area contributed by atoms with Crippen LogP contribution in [-0.4, -0.2) is 120 Å². The maximum atomic E-state index is 13.1. The first-order chi connectivity index (χ1) is 50.0. The Bertz CT molecular complexity index is 4350. The number of hydrogen-bond donors (Lipinski definition) is 8. The number of benzene rings is 6. The summed E-state index contributed by atoms with van der Waals surface area (Å²) >= 11 is 10.2. The van der Waals surface area contributed by atoms with Crippen molar-refractivity contribution in [2.24, 2.45) is 0 Å². The number of halogens is 10. The van der Waals surface area contributed by atoms with Crippen LogP contribution in [0, 0.1) is 0 Å². The smallest absolute Gasteiger partial charge is 0.481 e. The Balaban J connectivity index is 0.000000232. The summed E-state index contributed by atoms with van der Waals surface area (Å²) in [6.45, 7) is 5.83. The fraction of sp³-hybridized carbons (Fsp3) is 0.208. The van der Waals surface area contributed by atoms with E-state index in [0.29, 0.717) is 83.5 Å². The summed E-state index contributed by atoms with van der Waals surface area (Å²) in [5, 5.41) is 52.6. The van der Waals surface area contributed by atoms with Gasteiger partial charge in [-0.05, 0) is 114 Å². The molecule has 0 aliphatic carbocycles. The van der Waals surface area contributed by atoms with E-state index in [1.54, 1.807) is 91.0 Å². The summed E-state index contributed by atoms with van der Waals surface area (Å²) in [6.07, 6.45) is -11.1. The van der Waals surface area contributed by atoms with Gasteiger partial charge in [-0.25, -0.2) is 0 Å². The molecule has 0 aliphatic heterocycles. The number of nitrogens with one attached hydrogen (secondary N) is 3. The van der Waals surface area contributed by atoms with E-state index in [2.05, 4.69) is 31.9 Å². The van der Waals surface area contributed by atoms with E-state index in [0.717, 1.165) is 109 Å². The lowest BCUT2D eigenvalue weighted by Gasteiger charge is -2.09. The highest BCUT2D eigenvalue weighted by atomic mass is 79.9. The first-order valence-electron chi connectivity index (χ1n) is 31.1. The standard InChI is InChI=1S/2C24H20F3NO4S2.C17H16BrNO4S2.C7H6BF3O2/c2*1-2-18-11-19(23(34-18)28-20(29)12-33-13-21(30)31)22(32)16-5-3-14(4-6-16)15-7-9-17(10-8-15)24(25,26)27;1-2-12-7-13(16(23)10-3-5-11(18)6-4-10)17(25-12)19-14(20)8-24-9-15(21)22;9-7(10,11)5-1-3-6(4-2-5)8(12)13/h2*3-11H,2,12-13H2,1H3,(H,28,29)(H,30,31);3-7H,2,8-9H2,1H3,(H,19,20)(H,21,22);1-4,12-13H. The lowest BCUT2D eigenvalue weighted by Crippen LogP contribution is -2.29. The molecule has 17 nitrogen and oxygen atoms in total. The molecule has 8 N–H and O–H groups in total. The Morgan fingerprint density at radius 1 is 0.377 bits per heavy atom. The molecule has 6 aromatic carbocycles. The number of aryl methyl sites for hydroxylation is 3. The van der Waals surface area contributed by atoms with Crippen molar-refractivity contribution in [3.8, 4) is 22.3 Å². The number of anilines is 3. The van der Waals surface area contributed by atoms with Gasteiger partial charge >= 0.3 is 43.6 Å². The highest BCUT2D eigenvalue weighted by Crippen LogP contribution is 2.37. The number of carbonyl (C=O) groups is 9. The van der Waals surface area contributed by atoms with Gasteiger partial charge in [0.05, 0.1) is 67.9 Å². The van der Waals surface area contributed by atoms with Crippen molar-refractivity contribution in [2.45, 2.75) is 58.6 Å². The Hall–Kier alpha value is -8.87. The predicted octanol–water partition coefficient (Wildman–Crippen LogP) is 16.4. The molecule has 0 aliphatic rings. The number of thioether (sulfide) groups is 3. The zero-order valence-electron chi connectivity index (χ0n) is 55.7. The zero-order chi connectivity index (χ0) is 78.2. The largest absolute Gasteiger partial charge is 0.488 e. The number of alkyl halides is 9. The number of amides is 3. The fourth-order valence-electron chi connectivity index (χ4n) is 9.06. The third-order valence-corrected chi connectivity index (χ3v) is 21.2. The van der Waals surface area contributed by atoms with Gasteiger partial charge in [-0.3, -0.25) is 43.2 Å². The van der Waals surface area contributed by atoms with Crippen molar-refractivity contribution in [2.75, 3.05) is 50.5 Å². The van der Waals surface area contributed by atoms with Crippen molar-refractivity contribution in [3.05, 3.63) is 233 Å². The highest BCUT2D eigenvalue weighted by Gasteiger charge is 2.33. The molecular weight excluding hydrogens is 1580 g/mol. The van der Waals surface area contributed by atoms with E-state index in [1.807, 2.05) is 20.8 Å². The number of thiophene rings is 3. The molecule has 9 rings (SSSR count). The summed E-state index contributed by atoms with van der Waals surface area (Å²) in [6, 6.07) is 38.5. The maximum Gasteiger partial charge on any atom is 0.488 e. The number of carbonyl (C=O) groups excluding carboxylic acids is 6. The molecule has 34 heteroatoms. The number of carboxylic acid groups (broad SMARTS) is 3. The lowest BCUT2D eigenvalue weighted by molar-refractivity contribution is -0.138. The average molecular weight is 1650 g/mol. The minimum Gasteiger partial charge on any atom is -0.481 e. The molecule has 0 saturated heterocycles. The topological polar surface area (TPSA) is 291 Å². The van der Waals surface area contributed by atoms with Gasteiger partial charge in [0.25, 0.3) is 0 Å². The number of carboxylic acids is 3. The summed E-state index contributed by atoms with van der Waals surface area (Å²) in [7, 11) is -1.73. The van der Waals surface area contributed by atoms with Gasteiger partial charge in [0.15, 0.2) is 17.3 Å². The normalized spacial score (nSPS) is 11.1. The van der Waals surface area contributed by atoms with Gasteiger partial charge in [0.2, 0.25) is 17.7 Å². The number of aliphatic carboxylic acids is 3. The van der Waals surface area contributed by atoms with Crippen molar-refractivity contribution in [3.63, 3.8) is 0 Å². The van der Waals surface area contributed by atoms with Crippen LogP contribution < -0.4 is 21.4 Å². The minimum absolute atomic E-state index is 0.0254. The Morgan fingerprint density at radius 2 is 0.613 bits per heavy atom. The molecule has 3 aromatic heterocycles. The molecule has 0 atom stereocenters. The van der Waals surface area contributed by atoms with Crippen LogP contribution in [0.15, 0.2) is 168 Å². The molecule has 106 heavy (non-hydrogen) atoms. The fourth-order valence-corrected chi connectivity index (χ4v) is 14.0. The monoisotopic (exact) mass is 1650 g/mol.